The monoisotopic (exact) mass is 302 g/mol. The van der Waals surface area contributed by atoms with Crippen LogP contribution in [0.15, 0.2) is 35.2 Å². The number of hydrogen-bond acceptors (Lipinski definition) is 4. The minimum atomic E-state index is -1.14. The number of carbonyl (C=O) groups is 2. The van der Waals surface area contributed by atoms with E-state index in [0.29, 0.717) is 32.5 Å². The van der Waals surface area contributed by atoms with E-state index in [1.165, 1.54) is 0 Å². The number of esters is 2. The first-order chi connectivity index (χ1) is 10.1. The average Bonchev–Trinajstić information content (AvgIpc) is 2.49. The van der Waals surface area contributed by atoms with Crippen LogP contribution < -0.4 is 0 Å². The number of unbranched alkanes of at least 4 members (excludes halogenated alkanes) is 1. The average molecular weight is 302 g/mol. The molecular weight excluding hydrogens is 288 g/mol. The van der Waals surface area contributed by atoms with E-state index in [4.69, 9.17) is 4.74 Å². The summed E-state index contributed by atoms with van der Waals surface area (Å²) in [6.07, 6.45) is 1.84. The maximum Gasteiger partial charge on any atom is 0.346 e. The molecule has 0 amide bonds. The molecule has 2 aromatic rings. The molecule has 0 bridgehead atoms. The Kier molecular flexibility index (Phi) is 3.59. The van der Waals surface area contributed by atoms with Crippen LogP contribution in [0.2, 0.25) is 0 Å². The van der Waals surface area contributed by atoms with E-state index in [-0.39, 0.29) is 0 Å². The number of carbonyl (C=O) groups excluding carboxylic acids is 2. The van der Waals surface area contributed by atoms with Crippen molar-refractivity contribution in [1.29, 1.82) is 0 Å². The highest BCUT2D eigenvalue weighted by molar-refractivity contribution is 7.85. The first kappa shape index (κ1) is 13.9. The Hall–Kier alpha value is -2.01. The molecule has 1 heterocycles. The SMILES string of the molecule is CCCCS(=O)c1ccc2c3c(cccc13)C(=O)OC2=O. The van der Waals surface area contributed by atoms with Gasteiger partial charge in [0.1, 0.15) is 0 Å². The van der Waals surface area contributed by atoms with Crippen molar-refractivity contribution in [2.24, 2.45) is 0 Å². The van der Waals surface area contributed by atoms with E-state index in [1.54, 1.807) is 30.3 Å². The van der Waals surface area contributed by atoms with Crippen LogP contribution in [0.4, 0.5) is 0 Å². The molecule has 0 radical (unpaired) electrons. The Balaban J connectivity index is 2.23. The second-order valence-electron chi connectivity index (χ2n) is 4.92. The normalized spacial score (nSPS) is 15.1. The van der Waals surface area contributed by atoms with Crippen LogP contribution in [0, 0.1) is 0 Å². The highest BCUT2D eigenvalue weighted by Crippen LogP contribution is 2.32. The van der Waals surface area contributed by atoms with Crippen molar-refractivity contribution in [3.8, 4) is 0 Å². The third kappa shape index (κ3) is 2.27. The highest BCUT2D eigenvalue weighted by Gasteiger charge is 2.28. The predicted molar refractivity (Wildman–Crippen MR) is 79.9 cm³/mol. The van der Waals surface area contributed by atoms with Crippen LogP contribution in [-0.4, -0.2) is 21.9 Å². The van der Waals surface area contributed by atoms with E-state index in [1.807, 2.05) is 6.92 Å². The van der Waals surface area contributed by atoms with Gasteiger partial charge in [-0.15, -0.1) is 0 Å². The summed E-state index contributed by atoms with van der Waals surface area (Å²) in [6.45, 7) is 2.05. The van der Waals surface area contributed by atoms with Crippen molar-refractivity contribution < 1.29 is 18.5 Å². The van der Waals surface area contributed by atoms with Crippen molar-refractivity contribution in [3.05, 3.63) is 41.5 Å². The molecule has 0 saturated heterocycles. The first-order valence-electron chi connectivity index (χ1n) is 6.84. The zero-order valence-electron chi connectivity index (χ0n) is 11.5. The van der Waals surface area contributed by atoms with Crippen LogP contribution in [0.5, 0.6) is 0 Å². The molecule has 0 aliphatic carbocycles. The van der Waals surface area contributed by atoms with Gasteiger partial charge in [0.2, 0.25) is 0 Å². The van der Waals surface area contributed by atoms with Crippen molar-refractivity contribution in [1.82, 2.24) is 0 Å². The Morgan fingerprint density at radius 1 is 1.05 bits per heavy atom. The molecule has 0 fully saturated rings. The summed E-state index contributed by atoms with van der Waals surface area (Å²) in [6, 6.07) is 8.44. The van der Waals surface area contributed by atoms with Gasteiger partial charge < -0.3 is 4.74 Å². The number of ether oxygens (including phenoxy) is 1. The van der Waals surface area contributed by atoms with Crippen molar-refractivity contribution in [2.45, 2.75) is 24.7 Å². The zero-order chi connectivity index (χ0) is 15.0. The molecule has 0 N–H and O–H groups in total. The molecule has 0 aromatic heterocycles. The van der Waals surface area contributed by atoms with Crippen molar-refractivity contribution in [3.63, 3.8) is 0 Å². The molecule has 0 saturated carbocycles. The Morgan fingerprint density at radius 3 is 2.48 bits per heavy atom. The fourth-order valence-corrected chi connectivity index (χ4v) is 3.90. The standard InChI is InChI=1S/C16H14O4S/c1-2-3-9-21(19)13-8-7-12-14-10(13)5-4-6-11(14)15(17)20-16(12)18/h4-8H,2-3,9H2,1H3. The van der Waals surface area contributed by atoms with Crippen LogP contribution in [0.3, 0.4) is 0 Å². The smallest absolute Gasteiger partial charge is 0.346 e. The maximum atomic E-state index is 12.4. The molecule has 4 nitrogen and oxygen atoms in total. The Bertz CT molecular complexity index is 759. The lowest BCUT2D eigenvalue weighted by atomic mass is 9.97. The summed E-state index contributed by atoms with van der Waals surface area (Å²) in [4.78, 5) is 24.3. The van der Waals surface area contributed by atoms with Crippen LogP contribution in [0.1, 0.15) is 40.5 Å². The molecule has 1 unspecified atom stereocenters. The number of hydrogen-bond donors (Lipinski definition) is 0. The molecule has 1 aliphatic heterocycles. The minimum Gasteiger partial charge on any atom is -0.386 e. The lowest BCUT2D eigenvalue weighted by molar-refractivity contribution is 0.0391. The molecule has 21 heavy (non-hydrogen) atoms. The van der Waals surface area contributed by atoms with Crippen molar-refractivity contribution >= 4 is 33.5 Å². The van der Waals surface area contributed by atoms with Crippen LogP contribution >= 0.6 is 0 Å². The lowest BCUT2D eigenvalue weighted by Crippen LogP contribution is -2.20. The van der Waals surface area contributed by atoms with E-state index in [0.717, 1.165) is 12.8 Å². The van der Waals surface area contributed by atoms with Gasteiger partial charge in [0.15, 0.2) is 0 Å². The van der Waals surface area contributed by atoms with Gasteiger partial charge in [-0.3, -0.25) is 4.21 Å². The minimum absolute atomic E-state index is 0.358. The van der Waals surface area contributed by atoms with Gasteiger partial charge >= 0.3 is 11.9 Å². The van der Waals surface area contributed by atoms with Crippen LogP contribution in [-0.2, 0) is 15.5 Å². The van der Waals surface area contributed by atoms with Gasteiger partial charge in [-0.25, -0.2) is 9.59 Å². The lowest BCUT2D eigenvalue weighted by Gasteiger charge is -2.17. The molecule has 0 spiro atoms. The largest absolute Gasteiger partial charge is 0.386 e. The topological polar surface area (TPSA) is 60.4 Å². The summed E-state index contributed by atoms with van der Waals surface area (Å²) in [7, 11) is -1.14. The Morgan fingerprint density at radius 2 is 1.76 bits per heavy atom. The third-order valence-electron chi connectivity index (χ3n) is 3.55. The van der Waals surface area contributed by atoms with Crippen LogP contribution in [0.25, 0.3) is 10.8 Å². The molecule has 108 valence electrons. The fourth-order valence-electron chi connectivity index (χ4n) is 2.50. The molecule has 1 aliphatic rings. The number of cyclic esters (lactones) is 2. The van der Waals surface area contributed by atoms with E-state index in [2.05, 4.69) is 0 Å². The van der Waals surface area contributed by atoms with Gasteiger partial charge in [0.25, 0.3) is 0 Å². The zero-order valence-corrected chi connectivity index (χ0v) is 12.4. The summed E-state index contributed by atoms with van der Waals surface area (Å²) in [5.74, 6) is -0.711. The number of benzene rings is 2. The summed E-state index contributed by atoms with van der Waals surface area (Å²) in [5.41, 5.74) is 0.716. The van der Waals surface area contributed by atoms with E-state index >= 15 is 0 Å². The molecular formula is C16H14O4S. The first-order valence-corrected chi connectivity index (χ1v) is 8.16. The molecule has 5 heteroatoms. The summed E-state index contributed by atoms with van der Waals surface area (Å²) < 4.78 is 17.1. The summed E-state index contributed by atoms with van der Waals surface area (Å²) >= 11 is 0. The molecule has 3 rings (SSSR count). The number of rotatable bonds is 4. The quantitative estimate of drug-likeness (QED) is 0.643. The van der Waals surface area contributed by atoms with Gasteiger partial charge in [0, 0.05) is 16.0 Å². The van der Waals surface area contributed by atoms with E-state index in [9.17, 15) is 13.8 Å². The summed E-state index contributed by atoms with van der Waals surface area (Å²) in [5, 5.41) is 1.26. The molecule has 1 atom stereocenters. The van der Waals surface area contributed by atoms with E-state index < -0.39 is 22.7 Å². The predicted octanol–water partition coefficient (Wildman–Crippen LogP) is 3.06. The van der Waals surface area contributed by atoms with Gasteiger partial charge in [-0.05, 0) is 30.0 Å². The molecule has 2 aromatic carbocycles. The third-order valence-corrected chi connectivity index (χ3v) is 5.06. The maximum absolute atomic E-state index is 12.4. The second kappa shape index (κ2) is 5.41. The van der Waals surface area contributed by atoms with Gasteiger partial charge in [-0.2, -0.15) is 0 Å². The highest BCUT2D eigenvalue weighted by atomic mass is 32.2. The fraction of sp³-hybridized carbons (Fsp3) is 0.250. The second-order valence-corrected chi connectivity index (χ2v) is 6.46. The van der Waals surface area contributed by atoms with Gasteiger partial charge in [-0.1, -0.05) is 25.5 Å². The Labute approximate surface area is 124 Å². The van der Waals surface area contributed by atoms with Crippen molar-refractivity contribution in [2.75, 3.05) is 5.75 Å². The van der Waals surface area contributed by atoms with Gasteiger partial charge in [0.05, 0.1) is 21.9 Å².